The highest BCUT2D eigenvalue weighted by atomic mass is 32.2. The maximum Gasteiger partial charge on any atom is 0.267 e. The molecule has 4 rings (SSSR count). The lowest BCUT2D eigenvalue weighted by atomic mass is 10.2. The number of thioether (sulfide) groups is 1. The van der Waals surface area contributed by atoms with Crippen molar-refractivity contribution in [2.45, 2.75) is 5.16 Å². The minimum atomic E-state index is -0.111. The van der Waals surface area contributed by atoms with Crippen LogP contribution in [-0.4, -0.2) is 15.3 Å². The van der Waals surface area contributed by atoms with Crippen molar-refractivity contribution < 1.29 is 0 Å². The van der Waals surface area contributed by atoms with E-state index in [1.54, 1.807) is 4.57 Å². The van der Waals surface area contributed by atoms with E-state index >= 15 is 0 Å². The number of nitriles is 1. The van der Waals surface area contributed by atoms with Gasteiger partial charge in [0.2, 0.25) is 0 Å². The van der Waals surface area contributed by atoms with Crippen LogP contribution in [0, 0.1) is 11.3 Å². The van der Waals surface area contributed by atoms with Gasteiger partial charge < -0.3 is 0 Å². The Hall–Kier alpha value is -2.88. The molecule has 0 aliphatic rings. The van der Waals surface area contributed by atoms with Crippen molar-refractivity contribution in [2.75, 3.05) is 5.75 Å². The summed E-state index contributed by atoms with van der Waals surface area (Å²) in [6.45, 7) is 0. The molecule has 0 aliphatic heterocycles. The van der Waals surface area contributed by atoms with Crippen LogP contribution in [0.4, 0.5) is 0 Å². The highest BCUT2D eigenvalue weighted by Gasteiger charge is 2.16. The number of hydrogen-bond donors (Lipinski definition) is 0. The third-order valence-corrected chi connectivity index (χ3v) is 5.76. The molecule has 0 bridgehead atoms. The summed E-state index contributed by atoms with van der Waals surface area (Å²) in [4.78, 5) is 19.6. The van der Waals surface area contributed by atoms with Gasteiger partial charge in [0.25, 0.3) is 5.56 Å². The van der Waals surface area contributed by atoms with Crippen LogP contribution in [0.2, 0.25) is 0 Å². The normalized spacial score (nSPS) is 10.7. The molecule has 6 heteroatoms. The number of hydrogen-bond acceptors (Lipinski definition) is 5. The summed E-state index contributed by atoms with van der Waals surface area (Å²) < 4.78 is 1.59. The number of rotatable bonds is 4. The Labute approximate surface area is 158 Å². The Bertz CT molecular complexity index is 1160. The molecule has 0 amide bonds. The van der Waals surface area contributed by atoms with E-state index in [1.807, 2.05) is 66.7 Å². The van der Waals surface area contributed by atoms with Crippen LogP contribution >= 0.6 is 23.1 Å². The van der Waals surface area contributed by atoms with Gasteiger partial charge in [-0.2, -0.15) is 5.26 Å². The van der Waals surface area contributed by atoms with Crippen LogP contribution < -0.4 is 5.56 Å². The number of thiophene rings is 1. The number of benzene rings is 2. The molecule has 0 radical (unpaired) electrons. The quantitative estimate of drug-likeness (QED) is 0.382. The van der Waals surface area contributed by atoms with E-state index < -0.39 is 0 Å². The minimum absolute atomic E-state index is 0.111. The van der Waals surface area contributed by atoms with E-state index in [-0.39, 0.29) is 11.3 Å². The lowest BCUT2D eigenvalue weighted by Crippen LogP contribution is -2.21. The zero-order valence-electron chi connectivity index (χ0n) is 13.6. The fraction of sp³-hybridized carbons (Fsp3) is 0.0500. The van der Waals surface area contributed by atoms with E-state index in [1.165, 1.54) is 23.1 Å². The van der Waals surface area contributed by atoms with Crippen molar-refractivity contribution in [3.05, 3.63) is 77.1 Å². The van der Waals surface area contributed by atoms with Crippen molar-refractivity contribution >= 4 is 33.3 Å². The monoisotopic (exact) mass is 375 g/mol. The predicted molar refractivity (Wildman–Crippen MR) is 107 cm³/mol. The van der Waals surface area contributed by atoms with Crippen LogP contribution in [0.1, 0.15) is 0 Å². The first-order valence-electron chi connectivity index (χ1n) is 7.95. The first kappa shape index (κ1) is 16.6. The molecule has 2 aromatic carbocycles. The van der Waals surface area contributed by atoms with Crippen molar-refractivity contribution in [3.63, 3.8) is 0 Å². The third-order valence-electron chi connectivity index (χ3n) is 3.87. The molecule has 2 heterocycles. The molecule has 2 aromatic heterocycles. The zero-order chi connectivity index (χ0) is 17.9. The highest BCUT2D eigenvalue weighted by molar-refractivity contribution is 7.99. The molecule has 4 aromatic rings. The van der Waals surface area contributed by atoms with Gasteiger partial charge in [0.05, 0.1) is 22.9 Å². The SMILES string of the molecule is N#CCSc1nc2sc(-c3ccccc3)cc2c(=O)n1-c1ccccc1. The smallest absolute Gasteiger partial charge is 0.267 e. The number of aromatic nitrogens is 2. The van der Waals surface area contributed by atoms with E-state index in [2.05, 4.69) is 11.1 Å². The third kappa shape index (κ3) is 3.03. The summed E-state index contributed by atoms with van der Waals surface area (Å²) in [6, 6.07) is 23.4. The van der Waals surface area contributed by atoms with E-state index in [4.69, 9.17) is 5.26 Å². The molecular formula is C20H13N3OS2. The minimum Gasteiger partial charge on any atom is -0.268 e. The van der Waals surface area contributed by atoms with Crippen LogP contribution in [0.25, 0.3) is 26.3 Å². The summed E-state index contributed by atoms with van der Waals surface area (Å²) in [5.41, 5.74) is 1.70. The molecule has 0 aliphatic carbocycles. The standard InChI is InChI=1S/C20H13N3OS2/c21-11-12-25-20-22-18-16(13-17(26-18)14-7-3-1-4-8-14)19(24)23(20)15-9-5-2-6-10-15/h1-10,13H,12H2. The molecule has 0 saturated carbocycles. The summed E-state index contributed by atoms with van der Waals surface area (Å²) in [5.74, 6) is 0.238. The lowest BCUT2D eigenvalue weighted by Gasteiger charge is -2.10. The Balaban J connectivity index is 1.96. The first-order valence-corrected chi connectivity index (χ1v) is 9.75. The molecule has 0 saturated heterocycles. The van der Waals surface area contributed by atoms with Gasteiger partial charge in [-0.1, -0.05) is 60.3 Å². The molecule has 0 fully saturated rings. The molecule has 26 heavy (non-hydrogen) atoms. The largest absolute Gasteiger partial charge is 0.268 e. The Kier molecular flexibility index (Phi) is 4.57. The van der Waals surface area contributed by atoms with Gasteiger partial charge in [-0.25, -0.2) is 4.98 Å². The highest BCUT2D eigenvalue weighted by Crippen LogP contribution is 2.32. The lowest BCUT2D eigenvalue weighted by molar-refractivity contribution is 0.824. The van der Waals surface area contributed by atoms with Crippen LogP contribution in [-0.2, 0) is 0 Å². The van der Waals surface area contributed by atoms with E-state index in [0.29, 0.717) is 15.4 Å². The molecule has 4 nitrogen and oxygen atoms in total. The van der Waals surface area contributed by atoms with Gasteiger partial charge >= 0.3 is 0 Å². The zero-order valence-corrected chi connectivity index (χ0v) is 15.3. The average molecular weight is 375 g/mol. The maximum absolute atomic E-state index is 13.2. The molecule has 0 unspecified atom stereocenters. The van der Waals surface area contributed by atoms with Crippen molar-refractivity contribution in [1.29, 1.82) is 5.26 Å². The second-order valence-electron chi connectivity index (χ2n) is 5.51. The fourth-order valence-corrected chi connectivity index (χ4v) is 4.46. The predicted octanol–water partition coefficient (Wildman–Crippen LogP) is 4.73. The number of nitrogens with zero attached hydrogens (tertiary/aromatic N) is 3. The molecule has 0 atom stereocenters. The fourth-order valence-electron chi connectivity index (χ4n) is 2.70. The van der Waals surface area contributed by atoms with Crippen LogP contribution in [0.3, 0.4) is 0 Å². The van der Waals surface area contributed by atoms with Gasteiger partial charge in [-0.05, 0) is 23.8 Å². The Morgan fingerprint density at radius 3 is 2.46 bits per heavy atom. The summed E-state index contributed by atoms with van der Waals surface area (Å²) >= 11 is 2.77. The molecular weight excluding hydrogens is 362 g/mol. The number of fused-ring (bicyclic) bond motifs is 1. The number of para-hydroxylation sites is 1. The summed E-state index contributed by atoms with van der Waals surface area (Å²) in [6.07, 6.45) is 0. The average Bonchev–Trinajstić information content (AvgIpc) is 3.12. The molecule has 0 spiro atoms. The second-order valence-corrected chi connectivity index (χ2v) is 7.49. The first-order chi connectivity index (χ1) is 12.8. The van der Waals surface area contributed by atoms with Gasteiger partial charge in [-0.15, -0.1) is 11.3 Å². The van der Waals surface area contributed by atoms with E-state index in [0.717, 1.165) is 16.1 Å². The summed E-state index contributed by atoms with van der Waals surface area (Å²) in [7, 11) is 0. The topological polar surface area (TPSA) is 58.7 Å². The molecule has 0 N–H and O–H groups in total. The second kappa shape index (κ2) is 7.16. The molecule has 126 valence electrons. The van der Waals surface area contributed by atoms with Gasteiger partial charge in [0, 0.05) is 4.88 Å². The van der Waals surface area contributed by atoms with E-state index in [9.17, 15) is 4.79 Å². The van der Waals surface area contributed by atoms with Crippen molar-refractivity contribution in [1.82, 2.24) is 9.55 Å². The van der Waals surface area contributed by atoms with Crippen molar-refractivity contribution in [2.24, 2.45) is 0 Å². The van der Waals surface area contributed by atoms with Crippen LogP contribution in [0.5, 0.6) is 0 Å². The van der Waals surface area contributed by atoms with Gasteiger partial charge in [0.1, 0.15) is 4.83 Å². The Morgan fingerprint density at radius 2 is 1.77 bits per heavy atom. The van der Waals surface area contributed by atoms with Crippen LogP contribution in [0.15, 0.2) is 76.7 Å². The van der Waals surface area contributed by atoms with Gasteiger partial charge in [-0.3, -0.25) is 9.36 Å². The maximum atomic E-state index is 13.2. The summed E-state index contributed by atoms with van der Waals surface area (Å²) in [5, 5.41) is 10.1. The Morgan fingerprint density at radius 1 is 1.08 bits per heavy atom. The van der Waals surface area contributed by atoms with Gasteiger partial charge in [0.15, 0.2) is 5.16 Å². The van der Waals surface area contributed by atoms with Crippen molar-refractivity contribution in [3.8, 4) is 22.2 Å².